The third-order valence-corrected chi connectivity index (χ3v) is 1.54. The maximum atomic E-state index is 11.0. The minimum absolute atomic E-state index is 0. The summed E-state index contributed by atoms with van der Waals surface area (Å²) in [5, 5.41) is 9.02. The van der Waals surface area contributed by atoms with Gasteiger partial charge in [-0.25, -0.2) is 4.79 Å². The highest BCUT2D eigenvalue weighted by atomic mass is 35.5. The molecule has 0 fully saturated rings. The lowest BCUT2D eigenvalue weighted by atomic mass is 9.88. The van der Waals surface area contributed by atoms with E-state index in [0.717, 1.165) is 0 Å². The first-order valence-corrected chi connectivity index (χ1v) is 4.77. The molecule has 0 rings (SSSR count). The fourth-order valence-electron chi connectivity index (χ4n) is 1.22. The molecule has 15 heavy (non-hydrogen) atoms. The molecule has 0 saturated heterocycles. The van der Waals surface area contributed by atoms with Gasteiger partial charge in [0, 0.05) is 0 Å². The first-order valence-electron chi connectivity index (χ1n) is 4.77. The van der Waals surface area contributed by atoms with Crippen molar-refractivity contribution in [2.24, 2.45) is 5.41 Å². The molecule has 0 unspecified atom stereocenters. The third-order valence-electron chi connectivity index (χ3n) is 1.54. The summed E-state index contributed by atoms with van der Waals surface area (Å²) < 4.78 is 0.539. The summed E-state index contributed by atoms with van der Waals surface area (Å²) >= 11 is 0. The molecule has 0 spiro atoms. The van der Waals surface area contributed by atoms with E-state index in [9.17, 15) is 4.79 Å². The van der Waals surface area contributed by atoms with Crippen LogP contribution in [0.2, 0.25) is 0 Å². The van der Waals surface area contributed by atoms with Gasteiger partial charge in [0.25, 0.3) is 0 Å². The van der Waals surface area contributed by atoms with Gasteiger partial charge < -0.3 is 22.0 Å². The van der Waals surface area contributed by atoms with Gasteiger partial charge in [-0.2, -0.15) is 0 Å². The Morgan fingerprint density at radius 2 is 1.67 bits per heavy atom. The molecule has 90 valence electrons. The van der Waals surface area contributed by atoms with Crippen molar-refractivity contribution in [3.8, 4) is 0 Å². The molecule has 0 aromatic rings. The van der Waals surface area contributed by atoms with Crippen molar-refractivity contribution in [2.45, 2.75) is 27.2 Å². The molecule has 1 N–H and O–H groups in total. The molecule has 0 radical (unpaired) electrons. The summed E-state index contributed by atoms with van der Waals surface area (Å²) in [6, 6.07) is 0. The lowest BCUT2D eigenvalue weighted by Gasteiger charge is -2.22. The molecule has 0 aromatic carbocycles. The lowest BCUT2D eigenvalue weighted by molar-refractivity contribution is -0.817. The second kappa shape index (κ2) is 5.52. The largest absolute Gasteiger partial charge is 1.00 e. The van der Waals surface area contributed by atoms with Crippen LogP contribution in [0.1, 0.15) is 27.2 Å². The van der Waals surface area contributed by atoms with E-state index in [-0.39, 0.29) is 17.8 Å². The number of carboxylic acid groups (broad SMARTS) is 1. The quantitative estimate of drug-likeness (QED) is 0.509. The number of aliphatic carboxylic acids is 1. The summed E-state index contributed by atoms with van der Waals surface area (Å²) in [7, 11) is 5.85. The van der Waals surface area contributed by atoms with Gasteiger partial charge in [-0.3, -0.25) is 0 Å². The van der Waals surface area contributed by atoms with Crippen LogP contribution in [0, 0.1) is 5.41 Å². The minimum Gasteiger partial charge on any atom is -1.00 e. The highest BCUT2D eigenvalue weighted by Gasteiger charge is 2.21. The zero-order valence-corrected chi connectivity index (χ0v) is 11.2. The predicted octanol–water partition coefficient (Wildman–Crippen LogP) is -0.899. The second-order valence-corrected chi connectivity index (χ2v) is 5.81. The second-order valence-electron chi connectivity index (χ2n) is 5.81. The summed E-state index contributed by atoms with van der Waals surface area (Å²) in [4.78, 5) is 11.0. The van der Waals surface area contributed by atoms with E-state index in [0.29, 0.717) is 16.5 Å². The smallest absolute Gasteiger partial charge is 0.336 e. The van der Waals surface area contributed by atoms with Crippen LogP contribution >= 0.6 is 0 Å². The number of halogens is 1. The Morgan fingerprint density at radius 3 is 1.87 bits per heavy atom. The van der Waals surface area contributed by atoms with Crippen molar-refractivity contribution in [3.63, 3.8) is 0 Å². The first kappa shape index (κ1) is 16.9. The van der Waals surface area contributed by atoms with Crippen molar-refractivity contribution >= 4 is 5.97 Å². The zero-order chi connectivity index (χ0) is 11.6. The van der Waals surface area contributed by atoms with Crippen molar-refractivity contribution < 1.29 is 26.8 Å². The fraction of sp³-hybridized carbons (Fsp3) is 0.727. The highest BCUT2D eigenvalue weighted by molar-refractivity contribution is 5.86. The Balaban J connectivity index is 0. The van der Waals surface area contributed by atoms with Gasteiger partial charge in [0.1, 0.15) is 6.20 Å². The molecule has 0 heterocycles. The van der Waals surface area contributed by atoms with Crippen LogP contribution < -0.4 is 12.4 Å². The van der Waals surface area contributed by atoms with Crippen LogP contribution in [0.5, 0.6) is 0 Å². The molecular formula is C11H22ClNO2. The number of quaternary nitrogens is 1. The van der Waals surface area contributed by atoms with Crippen LogP contribution in [0.25, 0.3) is 0 Å². The molecule has 0 bridgehead atoms. The SMILES string of the molecule is CC(C)(C)CC(=C[N+](C)(C)C)C(=O)O.[Cl-]. The molecule has 0 aliphatic carbocycles. The monoisotopic (exact) mass is 235 g/mol. The average Bonchev–Trinajstić information content (AvgIpc) is 1.78. The van der Waals surface area contributed by atoms with Crippen molar-refractivity contribution in [1.82, 2.24) is 0 Å². The Labute approximate surface area is 98.8 Å². The van der Waals surface area contributed by atoms with Gasteiger partial charge >= 0.3 is 5.97 Å². The molecule has 4 heteroatoms. The van der Waals surface area contributed by atoms with Crippen molar-refractivity contribution in [3.05, 3.63) is 11.8 Å². The highest BCUT2D eigenvalue weighted by Crippen LogP contribution is 2.24. The number of hydrogen-bond donors (Lipinski definition) is 1. The first-order chi connectivity index (χ1) is 6.01. The predicted molar refractivity (Wildman–Crippen MR) is 57.8 cm³/mol. The summed E-state index contributed by atoms with van der Waals surface area (Å²) in [5.74, 6) is -0.812. The molecule has 0 saturated carbocycles. The van der Waals surface area contributed by atoms with E-state index in [1.165, 1.54) is 0 Å². The molecule has 0 aromatic heterocycles. The maximum absolute atomic E-state index is 11.0. The van der Waals surface area contributed by atoms with Gasteiger partial charge in [0.2, 0.25) is 0 Å². The Bertz CT molecular complexity index is 246. The topological polar surface area (TPSA) is 37.3 Å². The van der Waals surface area contributed by atoms with Crippen LogP contribution in [-0.4, -0.2) is 36.7 Å². The van der Waals surface area contributed by atoms with Crippen LogP contribution in [0.4, 0.5) is 0 Å². The van der Waals surface area contributed by atoms with Gasteiger partial charge in [0.05, 0.1) is 26.7 Å². The van der Waals surface area contributed by atoms with Crippen LogP contribution in [0.15, 0.2) is 11.8 Å². The van der Waals surface area contributed by atoms with Gasteiger partial charge in [-0.15, -0.1) is 0 Å². The van der Waals surface area contributed by atoms with Gasteiger partial charge in [-0.1, -0.05) is 20.8 Å². The molecule has 3 nitrogen and oxygen atoms in total. The standard InChI is InChI=1S/C11H21NO2.ClH/c1-11(2,3)7-9(10(13)14)8-12(4,5)6;/h8H,7H2,1-6H3;1H. The van der Waals surface area contributed by atoms with Crippen molar-refractivity contribution in [1.29, 1.82) is 0 Å². The van der Waals surface area contributed by atoms with E-state index < -0.39 is 5.97 Å². The molecule has 0 aliphatic rings. The average molecular weight is 236 g/mol. The van der Waals surface area contributed by atoms with E-state index in [4.69, 9.17) is 5.11 Å². The molecule has 0 amide bonds. The third kappa shape index (κ3) is 9.76. The maximum Gasteiger partial charge on any atom is 0.336 e. The molecular weight excluding hydrogens is 214 g/mol. The Morgan fingerprint density at radius 1 is 1.27 bits per heavy atom. The fourth-order valence-corrected chi connectivity index (χ4v) is 1.22. The number of carbonyl (C=O) groups is 1. The van der Waals surface area contributed by atoms with E-state index in [1.807, 2.05) is 41.9 Å². The van der Waals surface area contributed by atoms with E-state index in [2.05, 4.69) is 0 Å². The zero-order valence-electron chi connectivity index (χ0n) is 10.5. The Kier molecular flexibility index (Phi) is 6.21. The Hall–Kier alpha value is -0.540. The van der Waals surface area contributed by atoms with Crippen LogP contribution in [-0.2, 0) is 4.79 Å². The lowest BCUT2D eigenvalue weighted by Crippen LogP contribution is -3.00. The molecule has 0 aliphatic heterocycles. The number of carboxylic acids is 1. The molecule has 0 atom stereocenters. The van der Waals surface area contributed by atoms with E-state index >= 15 is 0 Å². The van der Waals surface area contributed by atoms with Crippen molar-refractivity contribution in [2.75, 3.05) is 21.1 Å². The number of hydrogen-bond acceptors (Lipinski definition) is 1. The minimum atomic E-state index is -0.812. The van der Waals surface area contributed by atoms with Gasteiger partial charge in [-0.05, 0) is 11.8 Å². The number of rotatable bonds is 3. The summed E-state index contributed by atoms with van der Waals surface area (Å²) in [6.45, 7) is 6.12. The summed E-state index contributed by atoms with van der Waals surface area (Å²) in [5.41, 5.74) is 0.504. The number of nitrogens with zero attached hydrogens (tertiary/aromatic N) is 1. The normalized spacial score (nSPS) is 13.3. The van der Waals surface area contributed by atoms with E-state index in [1.54, 1.807) is 6.20 Å². The van der Waals surface area contributed by atoms with Crippen LogP contribution in [0.3, 0.4) is 0 Å². The summed E-state index contributed by atoms with van der Waals surface area (Å²) in [6.07, 6.45) is 2.38. The van der Waals surface area contributed by atoms with Gasteiger partial charge in [0.15, 0.2) is 0 Å².